The Hall–Kier alpha value is -2.93. The molecule has 0 spiro atoms. The van der Waals surface area contributed by atoms with Gasteiger partial charge in [-0.1, -0.05) is 34.1 Å². The Bertz CT molecular complexity index is 888. The van der Waals surface area contributed by atoms with E-state index in [1.54, 1.807) is 30.3 Å². The van der Waals surface area contributed by atoms with Crippen LogP contribution < -0.4 is 10.5 Å². The molecule has 2 N–H and O–H groups in total. The minimum absolute atomic E-state index is 0.187. The molecule has 0 unspecified atom stereocenters. The third-order valence-corrected chi connectivity index (χ3v) is 3.75. The van der Waals surface area contributed by atoms with Gasteiger partial charge >= 0.3 is 5.97 Å². The van der Waals surface area contributed by atoms with Gasteiger partial charge in [-0.05, 0) is 42.0 Å². The molecule has 6 nitrogen and oxygen atoms in total. The molecule has 7 heteroatoms. The number of nitrogens with two attached hydrogens (primary N) is 1. The molecule has 0 radical (unpaired) electrons. The molecule has 0 saturated heterocycles. The number of esters is 1. The van der Waals surface area contributed by atoms with Crippen molar-refractivity contribution in [2.45, 2.75) is 0 Å². The van der Waals surface area contributed by atoms with E-state index in [0.29, 0.717) is 11.3 Å². The number of primary amides is 1. The van der Waals surface area contributed by atoms with E-state index in [9.17, 15) is 9.59 Å². The average Bonchev–Trinajstić information content (AvgIpc) is 2.95. The quantitative estimate of drug-likeness (QED) is 0.616. The van der Waals surface area contributed by atoms with Crippen molar-refractivity contribution < 1.29 is 19.1 Å². The van der Waals surface area contributed by atoms with Crippen molar-refractivity contribution >= 4 is 39.8 Å². The van der Waals surface area contributed by atoms with Crippen LogP contribution in [-0.2, 0) is 14.3 Å². The maximum atomic E-state index is 12.0. The zero-order chi connectivity index (χ0) is 17.8. The summed E-state index contributed by atoms with van der Waals surface area (Å²) >= 11 is 3.37. The summed E-state index contributed by atoms with van der Waals surface area (Å²) in [6.07, 6.45) is 1.62. The highest BCUT2D eigenvalue weighted by Crippen LogP contribution is 2.22. The van der Waals surface area contributed by atoms with Gasteiger partial charge < -0.3 is 15.2 Å². The summed E-state index contributed by atoms with van der Waals surface area (Å²) < 4.78 is 11.3. The molecular formula is C18H13BrN2O4. The van der Waals surface area contributed by atoms with Gasteiger partial charge in [-0.15, -0.1) is 0 Å². The van der Waals surface area contributed by atoms with Gasteiger partial charge in [0.2, 0.25) is 5.90 Å². The Morgan fingerprint density at radius 2 is 2.00 bits per heavy atom. The number of ether oxygens (including phenoxy) is 2. The zero-order valence-corrected chi connectivity index (χ0v) is 14.5. The lowest BCUT2D eigenvalue weighted by atomic mass is 10.2. The Morgan fingerprint density at radius 3 is 2.68 bits per heavy atom. The number of carbonyl (C=O) groups excluding carboxylic acids is 2. The molecular weight excluding hydrogens is 388 g/mol. The highest BCUT2D eigenvalue weighted by molar-refractivity contribution is 9.10. The molecule has 1 heterocycles. The van der Waals surface area contributed by atoms with Crippen molar-refractivity contribution in [3.63, 3.8) is 0 Å². The van der Waals surface area contributed by atoms with Crippen LogP contribution in [0, 0.1) is 0 Å². The molecule has 0 aromatic heterocycles. The smallest absolute Gasteiger partial charge is 0.363 e. The standard InChI is InChI=1S/C18H13BrN2O4/c19-13-3-1-2-12(9-13)17-21-15(18(23)25-17)8-11-4-6-14(7-5-11)24-10-16(20)22/h1-9H,10H2,(H2,20,22). The van der Waals surface area contributed by atoms with Gasteiger partial charge in [0.25, 0.3) is 5.91 Å². The Kier molecular flexibility index (Phi) is 4.95. The molecule has 2 aromatic rings. The number of aliphatic imine (C=N–C) groups is 1. The zero-order valence-electron chi connectivity index (χ0n) is 12.9. The van der Waals surface area contributed by atoms with Gasteiger partial charge in [0.15, 0.2) is 12.3 Å². The number of hydrogen-bond donors (Lipinski definition) is 1. The predicted molar refractivity (Wildman–Crippen MR) is 95.9 cm³/mol. The molecule has 2 aromatic carbocycles. The maximum Gasteiger partial charge on any atom is 0.363 e. The van der Waals surface area contributed by atoms with Gasteiger partial charge in [0, 0.05) is 10.0 Å². The van der Waals surface area contributed by atoms with E-state index >= 15 is 0 Å². The first-order valence-corrected chi connectivity index (χ1v) is 8.10. The highest BCUT2D eigenvalue weighted by atomic mass is 79.9. The van der Waals surface area contributed by atoms with E-state index in [1.165, 1.54) is 0 Å². The van der Waals surface area contributed by atoms with E-state index in [2.05, 4.69) is 20.9 Å². The van der Waals surface area contributed by atoms with E-state index in [-0.39, 0.29) is 18.2 Å². The topological polar surface area (TPSA) is 91.0 Å². The van der Waals surface area contributed by atoms with E-state index in [1.807, 2.05) is 24.3 Å². The largest absolute Gasteiger partial charge is 0.484 e. The molecule has 0 bridgehead atoms. The molecule has 126 valence electrons. The fourth-order valence-electron chi connectivity index (χ4n) is 2.13. The van der Waals surface area contributed by atoms with Crippen molar-refractivity contribution in [3.05, 3.63) is 69.8 Å². The van der Waals surface area contributed by atoms with Crippen LogP contribution in [0.15, 0.2) is 63.7 Å². The number of carbonyl (C=O) groups is 2. The summed E-state index contributed by atoms with van der Waals surface area (Å²) in [5.74, 6) is -0.287. The number of halogens is 1. The molecule has 0 aliphatic carbocycles. The number of rotatable bonds is 5. The molecule has 25 heavy (non-hydrogen) atoms. The summed E-state index contributed by atoms with van der Waals surface area (Å²) in [4.78, 5) is 26.9. The van der Waals surface area contributed by atoms with Gasteiger partial charge in [-0.2, -0.15) is 0 Å². The van der Waals surface area contributed by atoms with Crippen LogP contribution in [0.1, 0.15) is 11.1 Å². The first-order valence-electron chi connectivity index (χ1n) is 7.31. The second kappa shape index (κ2) is 7.31. The average molecular weight is 401 g/mol. The molecule has 1 amide bonds. The number of amides is 1. The molecule has 0 saturated carbocycles. The van der Waals surface area contributed by atoms with Crippen LogP contribution in [0.5, 0.6) is 5.75 Å². The van der Waals surface area contributed by atoms with Gasteiger partial charge in [-0.25, -0.2) is 9.79 Å². The van der Waals surface area contributed by atoms with Crippen LogP contribution in [0.4, 0.5) is 0 Å². The highest BCUT2D eigenvalue weighted by Gasteiger charge is 2.24. The van der Waals surface area contributed by atoms with Gasteiger partial charge in [0.05, 0.1) is 0 Å². The fraction of sp³-hybridized carbons (Fsp3) is 0.0556. The molecule has 0 fully saturated rings. The third kappa shape index (κ3) is 4.33. The molecule has 0 atom stereocenters. The molecule has 3 rings (SSSR count). The van der Waals surface area contributed by atoms with Crippen molar-refractivity contribution in [3.8, 4) is 5.75 Å². The summed E-state index contributed by atoms with van der Waals surface area (Å²) in [5.41, 5.74) is 6.69. The first kappa shape index (κ1) is 16.9. The van der Waals surface area contributed by atoms with E-state index in [4.69, 9.17) is 15.2 Å². The van der Waals surface area contributed by atoms with Crippen molar-refractivity contribution in [1.29, 1.82) is 0 Å². The minimum Gasteiger partial charge on any atom is -0.484 e. The summed E-state index contributed by atoms with van der Waals surface area (Å²) in [7, 11) is 0. The lowest BCUT2D eigenvalue weighted by Crippen LogP contribution is -2.19. The second-order valence-electron chi connectivity index (χ2n) is 5.17. The molecule has 1 aliphatic rings. The lowest BCUT2D eigenvalue weighted by molar-refractivity contribution is -0.130. The first-order chi connectivity index (χ1) is 12.0. The maximum absolute atomic E-state index is 12.0. The predicted octanol–water partition coefficient (Wildman–Crippen LogP) is 2.66. The SMILES string of the molecule is NC(=O)COc1ccc(C=C2N=C(c3cccc(Br)c3)OC2=O)cc1. The number of hydrogen-bond acceptors (Lipinski definition) is 5. The van der Waals surface area contributed by atoms with E-state index < -0.39 is 11.9 Å². The van der Waals surface area contributed by atoms with Gasteiger partial charge in [0.1, 0.15) is 5.75 Å². The van der Waals surface area contributed by atoms with Crippen LogP contribution in [0.2, 0.25) is 0 Å². The summed E-state index contributed by atoms with van der Waals surface area (Å²) in [6.45, 7) is -0.187. The van der Waals surface area contributed by atoms with Crippen LogP contribution in [0.25, 0.3) is 6.08 Å². The fourth-order valence-corrected chi connectivity index (χ4v) is 2.53. The third-order valence-electron chi connectivity index (χ3n) is 3.26. The Morgan fingerprint density at radius 1 is 1.24 bits per heavy atom. The van der Waals surface area contributed by atoms with Crippen molar-refractivity contribution in [1.82, 2.24) is 0 Å². The van der Waals surface area contributed by atoms with Crippen LogP contribution in [0.3, 0.4) is 0 Å². The van der Waals surface area contributed by atoms with Crippen molar-refractivity contribution in [2.75, 3.05) is 6.61 Å². The Labute approximate surface area is 152 Å². The molecule has 1 aliphatic heterocycles. The van der Waals surface area contributed by atoms with Crippen LogP contribution >= 0.6 is 15.9 Å². The normalized spacial score (nSPS) is 15.0. The summed E-state index contributed by atoms with van der Waals surface area (Å²) in [6, 6.07) is 14.2. The monoisotopic (exact) mass is 400 g/mol. The van der Waals surface area contributed by atoms with E-state index in [0.717, 1.165) is 10.0 Å². The van der Waals surface area contributed by atoms with Gasteiger partial charge in [-0.3, -0.25) is 4.79 Å². The Balaban J connectivity index is 1.78. The minimum atomic E-state index is -0.547. The number of nitrogens with zero attached hydrogens (tertiary/aromatic N) is 1. The van der Waals surface area contributed by atoms with Crippen molar-refractivity contribution in [2.24, 2.45) is 10.7 Å². The second-order valence-corrected chi connectivity index (χ2v) is 6.09. The van der Waals surface area contributed by atoms with Crippen LogP contribution in [-0.4, -0.2) is 24.4 Å². The summed E-state index contributed by atoms with van der Waals surface area (Å²) in [5, 5.41) is 0. The number of cyclic esters (lactones) is 1. The lowest BCUT2D eigenvalue weighted by Gasteiger charge is -2.03. The number of benzene rings is 2.